The van der Waals surface area contributed by atoms with Gasteiger partial charge >= 0.3 is 0 Å². The minimum absolute atomic E-state index is 0. The molecule has 2 N–H and O–H groups in total. The summed E-state index contributed by atoms with van der Waals surface area (Å²) in [6, 6.07) is 0.574. The van der Waals surface area contributed by atoms with Crippen LogP contribution < -0.4 is 10.6 Å². The molecule has 1 unspecified atom stereocenters. The van der Waals surface area contributed by atoms with Gasteiger partial charge in [0.1, 0.15) is 0 Å². The van der Waals surface area contributed by atoms with Crippen LogP contribution in [0, 0.1) is 11.8 Å². The molecule has 0 amide bonds. The summed E-state index contributed by atoms with van der Waals surface area (Å²) in [7, 11) is 0. The van der Waals surface area contributed by atoms with Crippen molar-refractivity contribution in [2.45, 2.75) is 65.8 Å². The van der Waals surface area contributed by atoms with Crippen LogP contribution in [-0.2, 0) is 0 Å². The summed E-state index contributed by atoms with van der Waals surface area (Å²) >= 11 is 0. The normalized spacial score (nSPS) is 23.3. The molecule has 1 atom stereocenters. The molecule has 0 saturated carbocycles. The van der Waals surface area contributed by atoms with Gasteiger partial charge in [-0.2, -0.15) is 0 Å². The van der Waals surface area contributed by atoms with Crippen LogP contribution in [0.4, 0.5) is 0 Å². The number of hydrogen-bond donors (Lipinski definition) is 2. The van der Waals surface area contributed by atoms with E-state index in [2.05, 4.69) is 48.1 Å². The van der Waals surface area contributed by atoms with Gasteiger partial charge in [-0.25, -0.2) is 0 Å². The number of aliphatic imine (C=N–C) groups is 1. The van der Waals surface area contributed by atoms with Crippen molar-refractivity contribution in [3.63, 3.8) is 0 Å². The number of halogens is 1. The summed E-state index contributed by atoms with van der Waals surface area (Å²) in [5, 5.41) is 7.16. The Morgan fingerprint density at radius 3 is 2.44 bits per heavy atom. The molecule has 160 valence electrons. The fourth-order valence-corrected chi connectivity index (χ4v) is 4.33. The van der Waals surface area contributed by atoms with Crippen molar-refractivity contribution in [3.8, 4) is 0 Å². The fraction of sp³-hybridized carbons (Fsp3) is 0.952. The van der Waals surface area contributed by atoms with E-state index in [1.54, 1.807) is 0 Å². The van der Waals surface area contributed by atoms with Crippen LogP contribution in [0.15, 0.2) is 4.99 Å². The fourth-order valence-electron chi connectivity index (χ4n) is 4.33. The third-order valence-electron chi connectivity index (χ3n) is 5.55. The van der Waals surface area contributed by atoms with E-state index in [0.29, 0.717) is 12.0 Å². The Morgan fingerprint density at radius 2 is 1.81 bits per heavy atom. The monoisotopic (exact) mass is 493 g/mol. The lowest BCUT2D eigenvalue weighted by Gasteiger charge is -2.34. The molecule has 0 aromatic rings. The predicted octanol–water partition coefficient (Wildman–Crippen LogP) is 3.40. The number of rotatable bonds is 8. The zero-order valence-electron chi connectivity index (χ0n) is 18.2. The van der Waals surface area contributed by atoms with Crippen LogP contribution in [0.1, 0.15) is 59.8 Å². The van der Waals surface area contributed by atoms with Crippen molar-refractivity contribution < 1.29 is 0 Å². The summed E-state index contributed by atoms with van der Waals surface area (Å²) < 4.78 is 0. The molecular weight excluding hydrogens is 449 g/mol. The lowest BCUT2D eigenvalue weighted by atomic mass is 9.97. The average molecular weight is 494 g/mol. The Kier molecular flexibility index (Phi) is 12.9. The Bertz CT molecular complexity index is 407. The molecule has 0 aromatic heterocycles. The summed E-state index contributed by atoms with van der Waals surface area (Å²) in [5.74, 6) is 2.50. The molecule has 0 aromatic carbocycles. The Labute approximate surface area is 185 Å². The van der Waals surface area contributed by atoms with Gasteiger partial charge in [0.05, 0.1) is 0 Å². The Balaban J connectivity index is 0.00000364. The number of nitrogens with zero attached hydrogens (tertiary/aromatic N) is 3. The highest BCUT2D eigenvalue weighted by molar-refractivity contribution is 14.0. The van der Waals surface area contributed by atoms with Crippen molar-refractivity contribution in [1.82, 2.24) is 20.4 Å². The van der Waals surface area contributed by atoms with Crippen molar-refractivity contribution in [1.29, 1.82) is 0 Å². The summed E-state index contributed by atoms with van der Waals surface area (Å²) in [4.78, 5) is 10.2. The van der Waals surface area contributed by atoms with Crippen molar-refractivity contribution >= 4 is 29.9 Å². The molecule has 0 bridgehead atoms. The van der Waals surface area contributed by atoms with Gasteiger partial charge in [0, 0.05) is 45.3 Å². The lowest BCUT2D eigenvalue weighted by molar-refractivity contribution is 0.162. The minimum Gasteiger partial charge on any atom is -0.357 e. The molecule has 2 heterocycles. The SMILES string of the molecule is CCCN1CCC(NC(=NCC2CCCN(CC(C)C)C2)NCC)CC1.I. The first-order valence-electron chi connectivity index (χ1n) is 11.1. The zero-order valence-corrected chi connectivity index (χ0v) is 20.5. The molecule has 0 aliphatic carbocycles. The number of guanidine groups is 1. The van der Waals surface area contributed by atoms with Crippen molar-refractivity contribution in [2.75, 3.05) is 52.4 Å². The molecule has 27 heavy (non-hydrogen) atoms. The second-order valence-corrected chi connectivity index (χ2v) is 8.64. The maximum Gasteiger partial charge on any atom is 0.191 e. The van der Waals surface area contributed by atoms with Gasteiger partial charge in [-0.3, -0.25) is 4.99 Å². The highest BCUT2D eigenvalue weighted by Crippen LogP contribution is 2.18. The second-order valence-electron chi connectivity index (χ2n) is 8.64. The number of nitrogens with one attached hydrogen (secondary N) is 2. The van der Waals surface area contributed by atoms with Crippen LogP contribution >= 0.6 is 24.0 Å². The molecule has 6 heteroatoms. The van der Waals surface area contributed by atoms with Crippen LogP contribution in [0.3, 0.4) is 0 Å². The molecule has 2 rings (SSSR count). The highest BCUT2D eigenvalue weighted by Gasteiger charge is 2.22. The molecule has 5 nitrogen and oxygen atoms in total. The van der Waals surface area contributed by atoms with Gasteiger partial charge in [-0.05, 0) is 64.0 Å². The van der Waals surface area contributed by atoms with Gasteiger partial charge in [0.25, 0.3) is 0 Å². The second kappa shape index (κ2) is 14.0. The van der Waals surface area contributed by atoms with E-state index in [9.17, 15) is 0 Å². The number of hydrogen-bond acceptors (Lipinski definition) is 3. The van der Waals surface area contributed by atoms with E-state index in [0.717, 1.165) is 25.0 Å². The van der Waals surface area contributed by atoms with Gasteiger partial charge in [0.2, 0.25) is 0 Å². The topological polar surface area (TPSA) is 42.9 Å². The number of piperidine rings is 2. The third-order valence-corrected chi connectivity index (χ3v) is 5.55. The average Bonchev–Trinajstić information content (AvgIpc) is 2.61. The van der Waals surface area contributed by atoms with E-state index in [1.165, 1.54) is 71.4 Å². The quantitative estimate of drug-likeness (QED) is 0.309. The van der Waals surface area contributed by atoms with Crippen molar-refractivity contribution in [3.05, 3.63) is 0 Å². The van der Waals surface area contributed by atoms with Crippen LogP contribution in [0.5, 0.6) is 0 Å². The smallest absolute Gasteiger partial charge is 0.191 e. The third kappa shape index (κ3) is 9.79. The predicted molar refractivity (Wildman–Crippen MR) is 128 cm³/mol. The van der Waals surface area contributed by atoms with Crippen molar-refractivity contribution in [2.24, 2.45) is 16.8 Å². The van der Waals surface area contributed by atoms with Crippen LogP contribution in [0.25, 0.3) is 0 Å². The summed E-state index contributed by atoms with van der Waals surface area (Å²) in [5.41, 5.74) is 0. The minimum atomic E-state index is 0. The highest BCUT2D eigenvalue weighted by atomic mass is 127. The molecular formula is C21H44IN5. The Morgan fingerprint density at radius 1 is 1.07 bits per heavy atom. The largest absolute Gasteiger partial charge is 0.357 e. The first-order chi connectivity index (χ1) is 12.6. The lowest BCUT2D eigenvalue weighted by Crippen LogP contribution is -2.49. The van der Waals surface area contributed by atoms with E-state index < -0.39 is 0 Å². The van der Waals surface area contributed by atoms with Gasteiger partial charge in [-0.1, -0.05) is 20.8 Å². The standard InChI is InChI=1S/C21H43N5.HI/c1-5-11-25-13-9-20(10-14-25)24-21(22-6-2)23-15-19-8-7-12-26(17-19)16-18(3)4;/h18-20H,5-17H2,1-4H3,(H2,22,23,24);1H. The van der Waals surface area contributed by atoms with E-state index >= 15 is 0 Å². The molecule has 2 aliphatic rings. The molecule has 2 saturated heterocycles. The van der Waals surface area contributed by atoms with Crippen LogP contribution in [-0.4, -0.2) is 74.2 Å². The van der Waals surface area contributed by atoms with Gasteiger partial charge in [0.15, 0.2) is 5.96 Å². The molecule has 2 fully saturated rings. The Hall–Kier alpha value is -0.0800. The van der Waals surface area contributed by atoms with Gasteiger partial charge in [-0.15, -0.1) is 24.0 Å². The molecule has 0 spiro atoms. The van der Waals surface area contributed by atoms with E-state index in [1.807, 2.05) is 0 Å². The van der Waals surface area contributed by atoms with Gasteiger partial charge < -0.3 is 20.4 Å². The molecule has 0 radical (unpaired) electrons. The number of likely N-dealkylation sites (tertiary alicyclic amines) is 2. The van der Waals surface area contributed by atoms with Crippen LogP contribution in [0.2, 0.25) is 0 Å². The summed E-state index contributed by atoms with van der Waals surface area (Å²) in [6.07, 6.45) is 6.38. The maximum atomic E-state index is 4.95. The van der Waals surface area contributed by atoms with E-state index in [4.69, 9.17) is 4.99 Å². The first-order valence-corrected chi connectivity index (χ1v) is 11.1. The first kappa shape index (κ1) is 25.0. The maximum absolute atomic E-state index is 4.95. The summed E-state index contributed by atoms with van der Waals surface area (Å²) in [6.45, 7) is 18.4. The van der Waals surface area contributed by atoms with E-state index in [-0.39, 0.29) is 24.0 Å². The molecule has 2 aliphatic heterocycles. The zero-order chi connectivity index (χ0) is 18.8.